The number of ether oxygens (including phenoxy) is 2. The minimum Gasteiger partial charge on any atom is -0.457 e. The molecule has 2 unspecified atom stereocenters. The first-order valence-electron chi connectivity index (χ1n) is 17.0. The predicted molar refractivity (Wildman–Crippen MR) is 186 cm³/mol. The van der Waals surface area contributed by atoms with Crippen LogP contribution in [0.25, 0.3) is 0 Å². The summed E-state index contributed by atoms with van der Waals surface area (Å²) in [4.78, 5) is 62.3. The fraction of sp³-hybridized carbons (Fsp3) is 0.300. The Morgan fingerprint density at radius 1 is 0.540 bits per heavy atom. The summed E-state index contributed by atoms with van der Waals surface area (Å²) >= 11 is 0. The van der Waals surface area contributed by atoms with E-state index in [1.54, 1.807) is 24.3 Å². The first-order chi connectivity index (χ1) is 24.4. The van der Waals surface area contributed by atoms with Gasteiger partial charge < -0.3 is 19.1 Å². The number of carbonyl (C=O) groups excluding carboxylic acids is 4. The van der Waals surface area contributed by atoms with E-state index >= 15 is 0 Å². The van der Waals surface area contributed by atoms with Crippen LogP contribution < -0.4 is 20.4 Å². The molecule has 2 amide bonds. The quantitative estimate of drug-likeness (QED) is 0.129. The van der Waals surface area contributed by atoms with Crippen LogP contribution in [0.3, 0.4) is 0 Å². The summed E-state index contributed by atoms with van der Waals surface area (Å²) < 4.78 is 11.7. The van der Waals surface area contributed by atoms with Crippen LogP contribution >= 0.6 is 0 Å². The molecule has 0 heterocycles. The van der Waals surface area contributed by atoms with E-state index in [1.807, 2.05) is 98.8 Å². The van der Waals surface area contributed by atoms with Crippen molar-refractivity contribution in [2.45, 2.75) is 64.2 Å². The van der Waals surface area contributed by atoms with Gasteiger partial charge in [0.05, 0.1) is 23.7 Å². The third-order valence-corrected chi connectivity index (χ3v) is 8.69. The van der Waals surface area contributed by atoms with Crippen LogP contribution in [0.15, 0.2) is 109 Å². The highest BCUT2D eigenvalue weighted by atomic mass is 16.7. The Kier molecular flexibility index (Phi) is 12.6. The highest BCUT2D eigenvalue weighted by molar-refractivity contribution is 5.88. The number of carbonyl (C=O) groups is 4. The topological polar surface area (TPSA) is 129 Å². The molecule has 1 aliphatic rings. The normalized spacial score (nSPS) is 16.1. The van der Waals surface area contributed by atoms with Gasteiger partial charge in [0.2, 0.25) is 0 Å². The smallest absolute Gasteiger partial charge is 0.336 e. The molecule has 0 aliphatic heterocycles. The number of amides is 2. The number of hydrogen-bond donors (Lipinski definition) is 2. The minimum atomic E-state index is -0.803. The largest absolute Gasteiger partial charge is 0.457 e. The second-order valence-corrected chi connectivity index (χ2v) is 12.2. The van der Waals surface area contributed by atoms with Crippen molar-refractivity contribution in [3.63, 3.8) is 0 Å². The summed E-state index contributed by atoms with van der Waals surface area (Å²) in [6.07, 6.45) is 3.29. The average Bonchev–Trinajstić information content (AvgIpc) is 3.12. The summed E-state index contributed by atoms with van der Waals surface area (Å²) in [5, 5.41) is 0. The Hall–Kier alpha value is -5.64. The minimum absolute atomic E-state index is 0.388. The SMILES string of the molecule is CCC[C@H](C(=O)NOC(=O)C1CCC1C(=O)ONC(=O)[C@@H](CCC)c1ccc(Oc2ccccc2)cc1)c1ccc(Oc2ccccc2)cc1. The van der Waals surface area contributed by atoms with E-state index in [1.165, 1.54) is 0 Å². The Morgan fingerprint density at radius 3 is 1.20 bits per heavy atom. The van der Waals surface area contributed by atoms with Crippen LogP contribution in [0, 0.1) is 11.8 Å². The molecule has 2 N–H and O–H groups in total. The van der Waals surface area contributed by atoms with Gasteiger partial charge in [0.25, 0.3) is 11.8 Å². The molecule has 260 valence electrons. The molecule has 0 radical (unpaired) electrons. The van der Waals surface area contributed by atoms with Gasteiger partial charge in [0.15, 0.2) is 0 Å². The summed E-state index contributed by atoms with van der Waals surface area (Å²) in [7, 11) is 0. The lowest BCUT2D eigenvalue weighted by Crippen LogP contribution is -2.45. The van der Waals surface area contributed by atoms with Gasteiger partial charge in [-0.25, -0.2) is 9.59 Å². The standard InChI is InChI=1S/C40H42N2O8/c1-3-11-33(27-17-21-31(22-18-27)47-29-13-7-5-8-14-29)37(43)41-49-39(45)35-25-26-36(35)40(46)50-42-38(44)34(12-4-2)28-19-23-32(24-20-28)48-30-15-9-6-10-16-30/h5-10,13-24,33-36H,3-4,11-12,25-26H2,1-2H3,(H,41,43)(H,42,44)/t33-,34-,35?,36?/m0/s1. The van der Waals surface area contributed by atoms with Crippen molar-refractivity contribution in [2.24, 2.45) is 11.8 Å². The van der Waals surface area contributed by atoms with Crippen molar-refractivity contribution in [1.82, 2.24) is 11.0 Å². The zero-order valence-corrected chi connectivity index (χ0v) is 28.2. The van der Waals surface area contributed by atoms with E-state index < -0.39 is 47.4 Å². The fourth-order valence-electron chi connectivity index (χ4n) is 5.82. The summed E-state index contributed by atoms with van der Waals surface area (Å²) in [5.41, 5.74) is 6.09. The zero-order valence-electron chi connectivity index (χ0n) is 28.2. The summed E-state index contributed by atoms with van der Waals surface area (Å²) in [5.74, 6) is -2.46. The van der Waals surface area contributed by atoms with Crippen LogP contribution in [0.5, 0.6) is 23.0 Å². The Bertz CT molecular complexity index is 1580. The van der Waals surface area contributed by atoms with Gasteiger partial charge in [0.1, 0.15) is 23.0 Å². The average molecular weight is 679 g/mol. The third kappa shape index (κ3) is 9.49. The molecule has 0 bridgehead atoms. The molecule has 0 spiro atoms. The molecule has 4 aromatic carbocycles. The summed E-state index contributed by atoms with van der Waals surface area (Å²) in [6, 6.07) is 33.2. The van der Waals surface area contributed by atoms with Crippen molar-refractivity contribution in [2.75, 3.05) is 0 Å². The van der Waals surface area contributed by atoms with Crippen molar-refractivity contribution in [3.8, 4) is 23.0 Å². The molecule has 4 aromatic rings. The Balaban J connectivity index is 1.10. The molecule has 5 rings (SSSR count). The molecule has 1 saturated carbocycles. The first kappa shape index (κ1) is 35.7. The van der Waals surface area contributed by atoms with Crippen LogP contribution in [0.2, 0.25) is 0 Å². The van der Waals surface area contributed by atoms with E-state index in [0.717, 1.165) is 24.0 Å². The Morgan fingerprint density at radius 2 is 0.880 bits per heavy atom. The van der Waals surface area contributed by atoms with Gasteiger partial charge in [-0.05, 0) is 85.3 Å². The fourth-order valence-corrected chi connectivity index (χ4v) is 5.82. The molecule has 10 nitrogen and oxygen atoms in total. The predicted octanol–water partition coefficient (Wildman–Crippen LogP) is 7.91. The van der Waals surface area contributed by atoms with Crippen molar-refractivity contribution in [3.05, 3.63) is 120 Å². The molecule has 1 fully saturated rings. The van der Waals surface area contributed by atoms with Gasteiger partial charge in [-0.3, -0.25) is 9.59 Å². The lowest BCUT2D eigenvalue weighted by Gasteiger charge is -2.32. The number of hydroxylamine groups is 2. The van der Waals surface area contributed by atoms with Crippen LogP contribution in [-0.2, 0) is 28.9 Å². The number of para-hydroxylation sites is 2. The van der Waals surface area contributed by atoms with Gasteiger partial charge >= 0.3 is 11.9 Å². The lowest BCUT2D eigenvalue weighted by atomic mass is 9.74. The van der Waals surface area contributed by atoms with E-state index in [9.17, 15) is 19.2 Å². The van der Waals surface area contributed by atoms with Crippen LogP contribution in [0.1, 0.15) is 75.3 Å². The van der Waals surface area contributed by atoms with Gasteiger partial charge in [-0.15, -0.1) is 0 Å². The highest BCUT2D eigenvalue weighted by Gasteiger charge is 2.44. The monoisotopic (exact) mass is 678 g/mol. The third-order valence-electron chi connectivity index (χ3n) is 8.69. The second-order valence-electron chi connectivity index (χ2n) is 12.2. The maximum Gasteiger partial charge on any atom is 0.336 e. The lowest BCUT2D eigenvalue weighted by molar-refractivity contribution is -0.179. The molecule has 0 saturated heterocycles. The molecule has 50 heavy (non-hydrogen) atoms. The van der Waals surface area contributed by atoms with Crippen molar-refractivity contribution in [1.29, 1.82) is 0 Å². The molecule has 1 aliphatic carbocycles. The van der Waals surface area contributed by atoms with Gasteiger partial charge in [0, 0.05) is 0 Å². The van der Waals surface area contributed by atoms with E-state index in [-0.39, 0.29) is 0 Å². The Labute approximate surface area is 292 Å². The number of nitrogens with one attached hydrogen (secondary N) is 2. The molecular formula is C40H42N2O8. The number of rotatable bonds is 14. The van der Waals surface area contributed by atoms with Gasteiger partial charge in [-0.1, -0.05) is 87.4 Å². The molecule has 0 aromatic heterocycles. The van der Waals surface area contributed by atoms with Crippen LogP contribution in [-0.4, -0.2) is 23.8 Å². The van der Waals surface area contributed by atoms with Crippen LogP contribution in [0.4, 0.5) is 0 Å². The van der Waals surface area contributed by atoms with E-state index in [0.29, 0.717) is 48.7 Å². The number of hydrogen-bond acceptors (Lipinski definition) is 8. The van der Waals surface area contributed by atoms with E-state index in [2.05, 4.69) is 11.0 Å². The van der Waals surface area contributed by atoms with Crippen molar-refractivity contribution < 1.29 is 38.3 Å². The number of benzene rings is 4. The second kappa shape index (κ2) is 17.7. The maximum atomic E-state index is 13.1. The van der Waals surface area contributed by atoms with Gasteiger partial charge in [-0.2, -0.15) is 11.0 Å². The highest BCUT2D eigenvalue weighted by Crippen LogP contribution is 2.36. The maximum absolute atomic E-state index is 13.1. The summed E-state index contributed by atoms with van der Waals surface area (Å²) in [6.45, 7) is 3.93. The molecule has 10 heteroatoms. The van der Waals surface area contributed by atoms with E-state index in [4.69, 9.17) is 19.1 Å². The molecule has 4 atom stereocenters. The van der Waals surface area contributed by atoms with Crippen molar-refractivity contribution >= 4 is 23.8 Å². The first-order valence-corrected chi connectivity index (χ1v) is 17.0. The zero-order chi connectivity index (χ0) is 35.3. The molecular weight excluding hydrogens is 636 g/mol.